The van der Waals surface area contributed by atoms with E-state index in [0.717, 1.165) is 10.2 Å². The van der Waals surface area contributed by atoms with Crippen LogP contribution in [0.3, 0.4) is 0 Å². The Morgan fingerprint density at radius 2 is 2.22 bits per heavy atom. The number of thioether (sulfide) groups is 1. The summed E-state index contributed by atoms with van der Waals surface area (Å²) in [4.78, 5) is 14.2. The Kier molecular flexibility index (Phi) is 6.44. The van der Waals surface area contributed by atoms with E-state index >= 15 is 0 Å². The normalized spacial score (nSPS) is 19.6. The summed E-state index contributed by atoms with van der Waals surface area (Å²) in [5.74, 6) is 0.100. The summed E-state index contributed by atoms with van der Waals surface area (Å²) in [6.07, 6.45) is 0.501. The van der Waals surface area contributed by atoms with Crippen LogP contribution in [-0.4, -0.2) is 59.3 Å². The van der Waals surface area contributed by atoms with E-state index in [-0.39, 0.29) is 28.7 Å². The highest BCUT2D eigenvalue weighted by molar-refractivity contribution is 9.10. The fraction of sp³-hybridized carbons (Fsp3) is 0.438. The second kappa shape index (κ2) is 8.46. The van der Waals surface area contributed by atoms with Crippen molar-refractivity contribution in [2.75, 3.05) is 23.9 Å². The molecular formula is C16H19BrN4O3S3. The lowest BCUT2D eigenvalue weighted by Crippen LogP contribution is -2.41. The van der Waals surface area contributed by atoms with Gasteiger partial charge >= 0.3 is 0 Å². The van der Waals surface area contributed by atoms with Gasteiger partial charge in [0.15, 0.2) is 14.2 Å². The zero-order valence-corrected chi connectivity index (χ0v) is 18.8. The number of sulfone groups is 1. The Morgan fingerprint density at radius 3 is 2.89 bits per heavy atom. The molecule has 146 valence electrons. The molecule has 1 N–H and O–H groups in total. The van der Waals surface area contributed by atoms with E-state index in [4.69, 9.17) is 0 Å². The minimum Gasteiger partial charge on any atom is -0.341 e. The summed E-state index contributed by atoms with van der Waals surface area (Å²) in [5.41, 5.74) is 0.892. The van der Waals surface area contributed by atoms with Crippen LogP contribution in [0.15, 0.2) is 33.1 Å². The summed E-state index contributed by atoms with van der Waals surface area (Å²) in [5, 5.41) is 11.7. The van der Waals surface area contributed by atoms with Gasteiger partial charge in [0.25, 0.3) is 0 Å². The Morgan fingerprint density at radius 1 is 1.44 bits per heavy atom. The largest absolute Gasteiger partial charge is 0.341 e. The molecule has 7 nitrogen and oxygen atoms in total. The van der Waals surface area contributed by atoms with Crippen molar-refractivity contribution in [3.8, 4) is 0 Å². The van der Waals surface area contributed by atoms with Crippen molar-refractivity contribution < 1.29 is 13.2 Å². The molecule has 2 aromatic rings. The molecule has 0 aliphatic carbocycles. The molecule has 11 heteroatoms. The van der Waals surface area contributed by atoms with Crippen molar-refractivity contribution in [3.05, 3.63) is 28.7 Å². The molecule has 27 heavy (non-hydrogen) atoms. The van der Waals surface area contributed by atoms with Crippen molar-refractivity contribution in [1.82, 2.24) is 15.1 Å². The fourth-order valence-electron chi connectivity index (χ4n) is 2.75. The quantitative estimate of drug-likeness (QED) is 0.621. The maximum absolute atomic E-state index is 12.6. The van der Waals surface area contributed by atoms with E-state index in [2.05, 4.69) is 31.4 Å². The molecule has 1 saturated heterocycles. The molecule has 0 radical (unpaired) electrons. The van der Waals surface area contributed by atoms with E-state index in [1.54, 1.807) is 18.9 Å². The van der Waals surface area contributed by atoms with Crippen LogP contribution in [0, 0.1) is 0 Å². The van der Waals surface area contributed by atoms with Crippen LogP contribution in [0.2, 0.25) is 0 Å². The van der Waals surface area contributed by atoms with E-state index in [1.807, 2.05) is 24.3 Å². The topological polar surface area (TPSA) is 92.3 Å². The number of nitrogens with zero attached hydrogens (tertiary/aromatic N) is 3. The van der Waals surface area contributed by atoms with Crippen LogP contribution < -0.4 is 5.32 Å². The number of carbonyl (C=O) groups is 1. The lowest BCUT2D eigenvalue weighted by molar-refractivity contribution is -0.130. The van der Waals surface area contributed by atoms with Gasteiger partial charge in [0, 0.05) is 23.2 Å². The highest BCUT2D eigenvalue weighted by Gasteiger charge is 2.34. The van der Waals surface area contributed by atoms with E-state index < -0.39 is 9.84 Å². The van der Waals surface area contributed by atoms with Gasteiger partial charge in [-0.1, -0.05) is 45.1 Å². The smallest absolute Gasteiger partial charge is 0.235 e. The van der Waals surface area contributed by atoms with Gasteiger partial charge < -0.3 is 10.2 Å². The first-order valence-electron chi connectivity index (χ1n) is 8.23. The summed E-state index contributed by atoms with van der Waals surface area (Å²) in [7, 11) is -1.35. The predicted molar refractivity (Wildman–Crippen MR) is 112 cm³/mol. The number of amides is 1. The van der Waals surface area contributed by atoms with Gasteiger partial charge in [-0.15, -0.1) is 10.2 Å². The molecule has 2 heterocycles. The first-order valence-corrected chi connectivity index (χ1v) is 12.5. The minimum absolute atomic E-state index is 0.0478. The molecule has 1 fully saturated rings. The zero-order chi connectivity index (χ0) is 19.6. The average Bonchev–Trinajstić information content (AvgIpc) is 3.19. The van der Waals surface area contributed by atoms with Gasteiger partial charge in [-0.05, 0) is 31.5 Å². The number of hydrogen-bond donors (Lipinski definition) is 1. The third kappa shape index (κ3) is 5.43. The van der Waals surface area contributed by atoms with Crippen LogP contribution in [0.4, 0.5) is 10.8 Å². The number of nitrogens with one attached hydrogen (secondary N) is 1. The van der Waals surface area contributed by atoms with E-state index in [9.17, 15) is 13.2 Å². The second-order valence-electron chi connectivity index (χ2n) is 6.27. The monoisotopic (exact) mass is 490 g/mol. The van der Waals surface area contributed by atoms with Crippen molar-refractivity contribution in [1.29, 1.82) is 0 Å². The number of anilines is 2. The number of benzene rings is 1. The molecule has 2 unspecified atom stereocenters. The minimum atomic E-state index is -3.02. The van der Waals surface area contributed by atoms with Crippen molar-refractivity contribution in [2.45, 2.75) is 29.0 Å². The highest BCUT2D eigenvalue weighted by Crippen LogP contribution is 2.32. The fourth-order valence-corrected chi connectivity index (χ4v) is 6.94. The van der Waals surface area contributed by atoms with Gasteiger partial charge in [0.2, 0.25) is 11.0 Å². The standard InChI is InChI=1S/C16H19BrN4O3S3/c1-10(14(22)21(2)13-6-7-27(23,24)9-13)25-16-20-19-15(26-16)18-12-5-3-4-11(17)8-12/h3-5,8,10,13H,6-7,9H2,1-2H3,(H,18,19). The maximum atomic E-state index is 12.6. The van der Waals surface area contributed by atoms with Crippen LogP contribution in [0.1, 0.15) is 13.3 Å². The van der Waals surface area contributed by atoms with E-state index in [0.29, 0.717) is 15.9 Å². The van der Waals surface area contributed by atoms with Gasteiger partial charge in [0.05, 0.1) is 16.8 Å². The Balaban J connectivity index is 1.58. The Labute approximate surface area is 175 Å². The Hall–Kier alpha value is -1.17. The molecule has 0 spiro atoms. The number of rotatable bonds is 6. The second-order valence-corrected chi connectivity index (χ2v) is 12.0. The third-order valence-electron chi connectivity index (χ3n) is 4.21. The molecule has 1 aliphatic rings. The van der Waals surface area contributed by atoms with Gasteiger partial charge in [-0.2, -0.15) is 0 Å². The molecule has 1 amide bonds. The first-order chi connectivity index (χ1) is 12.7. The molecule has 1 aliphatic heterocycles. The van der Waals surface area contributed by atoms with Crippen LogP contribution in [0.25, 0.3) is 0 Å². The summed E-state index contributed by atoms with van der Waals surface area (Å²) in [6.45, 7) is 1.80. The highest BCUT2D eigenvalue weighted by atomic mass is 79.9. The van der Waals surface area contributed by atoms with Crippen molar-refractivity contribution in [2.24, 2.45) is 0 Å². The van der Waals surface area contributed by atoms with Gasteiger partial charge in [-0.3, -0.25) is 4.79 Å². The predicted octanol–water partition coefficient (Wildman–Crippen LogP) is 3.17. The molecule has 2 atom stereocenters. The van der Waals surface area contributed by atoms with Crippen LogP contribution >= 0.6 is 39.0 Å². The molecule has 1 aromatic heterocycles. The molecule has 0 saturated carbocycles. The molecule has 0 bridgehead atoms. The number of halogens is 1. The number of aromatic nitrogens is 2. The lowest BCUT2D eigenvalue weighted by atomic mass is 10.2. The lowest BCUT2D eigenvalue weighted by Gasteiger charge is -2.25. The SMILES string of the molecule is CC(Sc1nnc(Nc2cccc(Br)c2)s1)C(=O)N(C)C1CCS(=O)(=O)C1. The maximum Gasteiger partial charge on any atom is 0.235 e. The Bertz CT molecular complexity index is 934. The summed E-state index contributed by atoms with van der Waals surface area (Å²) in [6, 6.07) is 7.48. The van der Waals surface area contributed by atoms with Crippen molar-refractivity contribution >= 4 is 65.6 Å². The zero-order valence-electron chi connectivity index (χ0n) is 14.8. The first kappa shape index (κ1) is 20.6. The summed E-state index contributed by atoms with van der Waals surface area (Å²) < 4.78 is 24.9. The van der Waals surface area contributed by atoms with Crippen molar-refractivity contribution in [3.63, 3.8) is 0 Å². The van der Waals surface area contributed by atoms with Gasteiger partial charge in [-0.25, -0.2) is 8.42 Å². The van der Waals surface area contributed by atoms with Gasteiger partial charge in [0.1, 0.15) is 0 Å². The van der Waals surface area contributed by atoms with E-state index in [1.165, 1.54) is 23.1 Å². The molecular weight excluding hydrogens is 472 g/mol. The van der Waals surface area contributed by atoms with Crippen LogP contribution in [0.5, 0.6) is 0 Å². The number of hydrogen-bond acceptors (Lipinski definition) is 8. The molecule has 3 rings (SSSR count). The molecule has 1 aromatic carbocycles. The number of carbonyl (C=O) groups excluding carboxylic acids is 1. The third-order valence-corrected chi connectivity index (χ3v) is 8.47. The van der Waals surface area contributed by atoms with Crippen LogP contribution in [-0.2, 0) is 14.6 Å². The summed E-state index contributed by atoms with van der Waals surface area (Å²) >= 11 is 6.12. The average molecular weight is 491 g/mol.